The van der Waals surface area contributed by atoms with Crippen LogP contribution in [0.25, 0.3) is 0 Å². The van der Waals surface area contributed by atoms with Crippen LogP contribution in [0.4, 0.5) is 5.69 Å². The number of carbonyl (C=O) groups is 1. The molecular weight excluding hydrogens is 242 g/mol. The van der Waals surface area contributed by atoms with Gasteiger partial charge in [-0.1, -0.05) is 19.4 Å². The molecule has 0 saturated carbocycles. The molecule has 19 heavy (non-hydrogen) atoms. The van der Waals surface area contributed by atoms with E-state index in [2.05, 4.69) is 6.92 Å². The fourth-order valence-corrected chi connectivity index (χ4v) is 2.21. The largest absolute Gasteiger partial charge is 0.491 e. The maximum Gasteiger partial charge on any atom is 0.230 e. The number of hydrogen-bond donors (Lipinski definition) is 1. The molecule has 0 radical (unpaired) electrons. The summed E-state index contributed by atoms with van der Waals surface area (Å²) in [7, 11) is 0. The summed E-state index contributed by atoms with van der Waals surface area (Å²) in [5.41, 5.74) is 1.59. The van der Waals surface area contributed by atoms with E-state index in [9.17, 15) is 9.90 Å². The molecule has 0 bridgehead atoms. The Labute approximate surface area is 114 Å². The zero-order valence-electron chi connectivity index (χ0n) is 11.6. The average molecular weight is 263 g/mol. The van der Waals surface area contributed by atoms with Crippen molar-refractivity contribution in [3.63, 3.8) is 0 Å². The second-order valence-corrected chi connectivity index (χ2v) is 4.90. The first-order chi connectivity index (χ1) is 9.13. The van der Waals surface area contributed by atoms with Gasteiger partial charge < -0.3 is 14.7 Å². The molecule has 0 aromatic heterocycles. The number of benzene rings is 1. The minimum Gasteiger partial charge on any atom is -0.491 e. The van der Waals surface area contributed by atoms with Gasteiger partial charge in [0, 0.05) is 6.54 Å². The molecule has 104 valence electrons. The Balaban J connectivity index is 2.38. The van der Waals surface area contributed by atoms with Gasteiger partial charge in [-0.2, -0.15) is 0 Å². The van der Waals surface area contributed by atoms with Gasteiger partial charge in [-0.3, -0.25) is 4.79 Å². The molecule has 0 spiro atoms. The predicted molar refractivity (Wildman–Crippen MR) is 74.4 cm³/mol. The number of hydrogen-bond acceptors (Lipinski definition) is 3. The molecular formula is C15H21NO3. The average Bonchev–Trinajstić information content (AvgIpc) is 2.54. The van der Waals surface area contributed by atoms with E-state index in [0.29, 0.717) is 19.6 Å². The lowest BCUT2D eigenvalue weighted by Crippen LogP contribution is -2.31. The monoisotopic (exact) mass is 263 g/mol. The summed E-state index contributed by atoms with van der Waals surface area (Å²) in [5, 5.41) is 9.68. The molecule has 1 unspecified atom stereocenters. The van der Waals surface area contributed by atoms with E-state index < -0.39 is 6.10 Å². The molecule has 0 saturated heterocycles. The topological polar surface area (TPSA) is 49.8 Å². The number of rotatable bonds is 4. The van der Waals surface area contributed by atoms with Crippen molar-refractivity contribution < 1.29 is 14.6 Å². The highest BCUT2D eigenvalue weighted by molar-refractivity contribution is 5.95. The van der Waals surface area contributed by atoms with Crippen LogP contribution in [-0.2, 0) is 4.79 Å². The van der Waals surface area contributed by atoms with Crippen LogP contribution in [0.5, 0.6) is 5.75 Å². The zero-order valence-corrected chi connectivity index (χ0v) is 11.6. The number of carbonyl (C=O) groups excluding carboxylic acids is 1. The van der Waals surface area contributed by atoms with Gasteiger partial charge in [0.25, 0.3) is 0 Å². The van der Waals surface area contributed by atoms with Crippen molar-refractivity contribution in [2.24, 2.45) is 0 Å². The van der Waals surface area contributed by atoms with Gasteiger partial charge >= 0.3 is 0 Å². The molecule has 1 aromatic rings. The molecule has 1 aliphatic heterocycles. The Morgan fingerprint density at radius 3 is 2.95 bits per heavy atom. The highest BCUT2D eigenvalue weighted by atomic mass is 16.5. The van der Waals surface area contributed by atoms with Crippen LogP contribution in [0.3, 0.4) is 0 Å². The van der Waals surface area contributed by atoms with E-state index in [1.54, 1.807) is 11.8 Å². The number of fused-ring (bicyclic) bond motifs is 1. The van der Waals surface area contributed by atoms with Gasteiger partial charge in [0.1, 0.15) is 5.75 Å². The van der Waals surface area contributed by atoms with Crippen LogP contribution in [0.15, 0.2) is 18.2 Å². The number of nitrogens with zero attached hydrogens (tertiary/aromatic N) is 1. The molecule has 1 N–H and O–H groups in total. The first-order valence-corrected chi connectivity index (χ1v) is 6.88. The minimum absolute atomic E-state index is 0.0925. The van der Waals surface area contributed by atoms with Crippen LogP contribution in [0, 0.1) is 0 Å². The van der Waals surface area contributed by atoms with E-state index in [-0.39, 0.29) is 5.91 Å². The zero-order chi connectivity index (χ0) is 13.8. The third kappa shape index (κ3) is 3.07. The van der Waals surface area contributed by atoms with Crippen LogP contribution in [0.1, 0.15) is 44.8 Å². The third-order valence-corrected chi connectivity index (χ3v) is 3.37. The van der Waals surface area contributed by atoms with E-state index in [4.69, 9.17) is 4.74 Å². The first-order valence-electron chi connectivity index (χ1n) is 6.88. The van der Waals surface area contributed by atoms with E-state index in [1.165, 1.54) is 0 Å². The lowest BCUT2D eigenvalue weighted by molar-refractivity contribution is -0.118. The summed E-state index contributed by atoms with van der Waals surface area (Å²) >= 11 is 0. The first kappa shape index (κ1) is 13.9. The molecule has 1 atom stereocenters. The number of unbranched alkanes of at least 4 members (excludes halogenated alkanes) is 1. The number of aliphatic hydroxyl groups is 1. The van der Waals surface area contributed by atoms with Crippen molar-refractivity contribution in [2.45, 2.75) is 39.2 Å². The lowest BCUT2D eigenvalue weighted by atomic mass is 10.1. The molecule has 2 rings (SSSR count). The SMILES string of the molecule is CCCCN1C(=O)CCOc2ccc(C(C)O)cc21. The van der Waals surface area contributed by atoms with Crippen LogP contribution >= 0.6 is 0 Å². The minimum atomic E-state index is -0.545. The van der Waals surface area contributed by atoms with Crippen molar-refractivity contribution in [3.05, 3.63) is 23.8 Å². The van der Waals surface area contributed by atoms with Gasteiger partial charge in [-0.15, -0.1) is 0 Å². The van der Waals surface area contributed by atoms with Crippen molar-refractivity contribution in [1.29, 1.82) is 0 Å². The van der Waals surface area contributed by atoms with Crippen LogP contribution in [0.2, 0.25) is 0 Å². The molecule has 4 heteroatoms. The maximum atomic E-state index is 12.1. The second-order valence-electron chi connectivity index (χ2n) is 4.90. The summed E-state index contributed by atoms with van der Waals surface area (Å²) in [6.07, 6.45) is 1.86. The Kier molecular flexibility index (Phi) is 4.43. The molecule has 1 amide bonds. The van der Waals surface area contributed by atoms with Gasteiger partial charge in [0.15, 0.2) is 0 Å². The fraction of sp³-hybridized carbons (Fsp3) is 0.533. The summed E-state index contributed by atoms with van der Waals surface area (Å²) in [4.78, 5) is 13.9. The summed E-state index contributed by atoms with van der Waals surface area (Å²) in [6, 6.07) is 5.55. The van der Waals surface area contributed by atoms with Crippen molar-refractivity contribution >= 4 is 11.6 Å². The number of aliphatic hydroxyl groups excluding tert-OH is 1. The van der Waals surface area contributed by atoms with Crippen LogP contribution < -0.4 is 9.64 Å². The standard InChI is InChI=1S/C15H21NO3/c1-3-4-8-16-13-10-12(11(2)17)5-6-14(13)19-9-7-15(16)18/h5-6,10-11,17H,3-4,7-9H2,1-2H3. The highest BCUT2D eigenvalue weighted by Gasteiger charge is 2.23. The Morgan fingerprint density at radius 1 is 1.47 bits per heavy atom. The van der Waals surface area contributed by atoms with Gasteiger partial charge in [0.05, 0.1) is 24.8 Å². The molecule has 1 aromatic carbocycles. The van der Waals surface area contributed by atoms with E-state index in [0.717, 1.165) is 29.8 Å². The molecule has 0 aliphatic carbocycles. The van der Waals surface area contributed by atoms with Gasteiger partial charge in [0.2, 0.25) is 5.91 Å². The second kappa shape index (κ2) is 6.06. The molecule has 1 aliphatic rings. The maximum absolute atomic E-state index is 12.1. The third-order valence-electron chi connectivity index (χ3n) is 3.37. The Morgan fingerprint density at radius 2 is 2.26 bits per heavy atom. The van der Waals surface area contributed by atoms with E-state index in [1.807, 2.05) is 18.2 Å². The summed E-state index contributed by atoms with van der Waals surface area (Å²) < 4.78 is 5.62. The Hall–Kier alpha value is -1.55. The van der Waals surface area contributed by atoms with Crippen molar-refractivity contribution in [2.75, 3.05) is 18.1 Å². The quantitative estimate of drug-likeness (QED) is 0.908. The number of ether oxygens (including phenoxy) is 1. The van der Waals surface area contributed by atoms with Crippen LogP contribution in [-0.4, -0.2) is 24.2 Å². The van der Waals surface area contributed by atoms with Crippen molar-refractivity contribution in [1.82, 2.24) is 0 Å². The van der Waals surface area contributed by atoms with Gasteiger partial charge in [-0.25, -0.2) is 0 Å². The van der Waals surface area contributed by atoms with Gasteiger partial charge in [-0.05, 0) is 31.0 Å². The Bertz CT molecular complexity index is 457. The molecule has 1 heterocycles. The summed E-state index contributed by atoms with van der Waals surface area (Å²) in [6.45, 7) is 4.95. The summed E-state index contributed by atoms with van der Waals surface area (Å²) in [5.74, 6) is 0.821. The smallest absolute Gasteiger partial charge is 0.230 e. The molecule has 0 fully saturated rings. The molecule has 4 nitrogen and oxygen atoms in total. The lowest BCUT2D eigenvalue weighted by Gasteiger charge is -2.22. The normalized spacial score (nSPS) is 16.6. The van der Waals surface area contributed by atoms with E-state index >= 15 is 0 Å². The van der Waals surface area contributed by atoms with Crippen molar-refractivity contribution in [3.8, 4) is 5.75 Å². The predicted octanol–water partition coefficient (Wildman–Crippen LogP) is 2.66. The number of amides is 1. The number of anilines is 1. The highest BCUT2D eigenvalue weighted by Crippen LogP contribution is 2.34. The fourth-order valence-electron chi connectivity index (χ4n) is 2.21.